The molecule has 4 heteroatoms. The average Bonchev–Trinajstić information content (AvgIpc) is 2.33. The summed E-state index contributed by atoms with van der Waals surface area (Å²) in [5, 5.41) is 2.88. The molecule has 0 fully saturated rings. The molecular formula is C15H15BrN2O. The van der Waals surface area contributed by atoms with Gasteiger partial charge in [0.2, 0.25) is 0 Å². The summed E-state index contributed by atoms with van der Waals surface area (Å²) in [5.74, 6) is -0.152. The quantitative estimate of drug-likeness (QED) is 0.825. The first-order chi connectivity index (χ1) is 8.97. The summed E-state index contributed by atoms with van der Waals surface area (Å²) >= 11 is 3.41. The van der Waals surface area contributed by atoms with Crippen molar-refractivity contribution in [2.45, 2.75) is 13.8 Å². The van der Waals surface area contributed by atoms with Crippen molar-refractivity contribution in [3.63, 3.8) is 0 Å². The Balaban J connectivity index is 2.28. The van der Waals surface area contributed by atoms with Gasteiger partial charge in [-0.1, -0.05) is 12.1 Å². The second-order valence-electron chi connectivity index (χ2n) is 4.51. The molecule has 0 aromatic heterocycles. The van der Waals surface area contributed by atoms with Crippen molar-refractivity contribution >= 4 is 33.2 Å². The molecule has 98 valence electrons. The summed E-state index contributed by atoms with van der Waals surface area (Å²) in [7, 11) is 0. The maximum atomic E-state index is 12.2. The third-order valence-electron chi connectivity index (χ3n) is 2.88. The third-order valence-corrected chi connectivity index (χ3v) is 3.54. The molecule has 0 radical (unpaired) electrons. The maximum Gasteiger partial charge on any atom is 0.256 e. The van der Waals surface area contributed by atoms with Crippen LogP contribution in [0.1, 0.15) is 21.5 Å². The first-order valence-electron chi connectivity index (χ1n) is 5.91. The molecule has 0 saturated carbocycles. The Hall–Kier alpha value is -1.81. The van der Waals surface area contributed by atoms with Crippen molar-refractivity contribution in [3.8, 4) is 0 Å². The van der Waals surface area contributed by atoms with E-state index in [1.807, 2.05) is 38.1 Å². The van der Waals surface area contributed by atoms with Gasteiger partial charge in [0.1, 0.15) is 0 Å². The van der Waals surface area contributed by atoms with Crippen molar-refractivity contribution in [3.05, 3.63) is 57.6 Å². The van der Waals surface area contributed by atoms with E-state index in [-0.39, 0.29) is 5.91 Å². The molecule has 0 bridgehead atoms. The van der Waals surface area contributed by atoms with E-state index in [9.17, 15) is 4.79 Å². The lowest BCUT2D eigenvalue weighted by molar-refractivity contribution is 0.102. The number of carbonyl (C=O) groups excluding carboxylic acids is 1. The number of hydrogen-bond acceptors (Lipinski definition) is 2. The number of benzene rings is 2. The lowest BCUT2D eigenvalue weighted by atomic mass is 10.1. The Morgan fingerprint density at radius 3 is 2.58 bits per heavy atom. The second kappa shape index (κ2) is 5.45. The van der Waals surface area contributed by atoms with Gasteiger partial charge in [0.05, 0.1) is 5.56 Å². The number of amides is 1. The molecule has 0 aliphatic heterocycles. The fraction of sp³-hybridized carbons (Fsp3) is 0.133. The smallest absolute Gasteiger partial charge is 0.256 e. The standard InChI is InChI=1S/C15H15BrN2O/c1-9-3-6-12(13(16)7-9)15(19)18-14-8-11(17)5-4-10(14)2/h3-8H,17H2,1-2H3,(H,18,19). The summed E-state index contributed by atoms with van der Waals surface area (Å²) < 4.78 is 0.784. The number of anilines is 2. The van der Waals surface area contributed by atoms with E-state index in [0.717, 1.165) is 21.3 Å². The summed E-state index contributed by atoms with van der Waals surface area (Å²) in [4.78, 5) is 12.2. The highest BCUT2D eigenvalue weighted by atomic mass is 79.9. The van der Waals surface area contributed by atoms with E-state index >= 15 is 0 Å². The summed E-state index contributed by atoms with van der Waals surface area (Å²) in [6, 6.07) is 11.1. The summed E-state index contributed by atoms with van der Waals surface area (Å²) in [6.45, 7) is 3.91. The van der Waals surface area contributed by atoms with E-state index in [1.54, 1.807) is 12.1 Å². The van der Waals surface area contributed by atoms with E-state index in [2.05, 4.69) is 21.2 Å². The van der Waals surface area contributed by atoms with Crippen molar-refractivity contribution < 1.29 is 4.79 Å². The van der Waals surface area contributed by atoms with Gasteiger partial charge >= 0.3 is 0 Å². The molecule has 0 unspecified atom stereocenters. The number of hydrogen-bond donors (Lipinski definition) is 2. The monoisotopic (exact) mass is 318 g/mol. The fourth-order valence-electron chi connectivity index (χ4n) is 1.77. The zero-order chi connectivity index (χ0) is 14.0. The molecule has 0 saturated heterocycles. The van der Waals surface area contributed by atoms with Gasteiger partial charge in [0.25, 0.3) is 5.91 Å². The van der Waals surface area contributed by atoms with Crippen LogP contribution in [0.5, 0.6) is 0 Å². The number of rotatable bonds is 2. The zero-order valence-corrected chi connectivity index (χ0v) is 12.4. The summed E-state index contributed by atoms with van der Waals surface area (Å²) in [6.07, 6.45) is 0. The Bertz CT molecular complexity index is 638. The van der Waals surface area contributed by atoms with Gasteiger partial charge in [-0.3, -0.25) is 4.79 Å². The zero-order valence-electron chi connectivity index (χ0n) is 10.8. The molecule has 0 aliphatic carbocycles. The molecule has 0 atom stereocenters. The Morgan fingerprint density at radius 2 is 1.89 bits per heavy atom. The molecule has 2 aromatic carbocycles. The van der Waals surface area contributed by atoms with Crippen LogP contribution in [0.15, 0.2) is 40.9 Å². The predicted molar refractivity (Wildman–Crippen MR) is 82.4 cm³/mol. The molecule has 2 rings (SSSR count). The number of nitrogens with two attached hydrogens (primary N) is 1. The molecule has 0 aliphatic rings. The average molecular weight is 319 g/mol. The molecule has 19 heavy (non-hydrogen) atoms. The molecule has 0 spiro atoms. The predicted octanol–water partition coefficient (Wildman–Crippen LogP) is 3.90. The van der Waals surface area contributed by atoms with Crippen LogP contribution in [0.25, 0.3) is 0 Å². The van der Waals surface area contributed by atoms with Crippen LogP contribution in [0, 0.1) is 13.8 Å². The largest absolute Gasteiger partial charge is 0.399 e. The van der Waals surface area contributed by atoms with Gasteiger partial charge in [-0.2, -0.15) is 0 Å². The minimum atomic E-state index is -0.152. The highest BCUT2D eigenvalue weighted by molar-refractivity contribution is 9.10. The topological polar surface area (TPSA) is 55.1 Å². The van der Waals surface area contributed by atoms with Gasteiger partial charge in [0, 0.05) is 15.8 Å². The van der Waals surface area contributed by atoms with Gasteiger partial charge in [-0.15, -0.1) is 0 Å². The number of carbonyl (C=O) groups is 1. The highest BCUT2D eigenvalue weighted by Crippen LogP contribution is 2.22. The molecule has 3 nitrogen and oxygen atoms in total. The number of nitrogen functional groups attached to an aromatic ring is 1. The van der Waals surface area contributed by atoms with Crippen LogP contribution >= 0.6 is 15.9 Å². The Labute approximate surface area is 121 Å². The van der Waals surface area contributed by atoms with Crippen LogP contribution in [0.3, 0.4) is 0 Å². The van der Waals surface area contributed by atoms with Crippen LogP contribution in [0.2, 0.25) is 0 Å². The van der Waals surface area contributed by atoms with Crippen LogP contribution < -0.4 is 11.1 Å². The lowest BCUT2D eigenvalue weighted by Gasteiger charge is -2.10. The van der Waals surface area contributed by atoms with Crippen LogP contribution in [0.4, 0.5) is 11.4 Å². The lowest BCUT2D eigenvalue weighted by Crippen LogP contribution is -2.13. The minimum absolute atomic E-state index is 0.152. The van der Waals surface area contributed by atoms with E-state index in [1.165, 1.54) is 0 Å². The Morgan fingerprint density at radius 1 is 1.16 bits per heavy atom. The van der Waals surface area contributed by atoms with Crippen molar-refractivity contribution in [1.29, 1.82) is 0 Å². The molecular weight excluding hydrogens is 304 g/mol. The maximum absolute atomic E-state index is 12.2. The van der Waals surface area contributed by atoms with Crippen molar-refractivity contribution in [2.75, 3.05) is 11.1 Å². The SMILES string of the molecule is Cc1ccc(C(=O)Nc2cc(N)ccc2C)c(Br)c1. The number of halogens is 1. The molecule has 2 aromatic rings. The second-order valence-corrected chi connectivity index (χ2v) is 5.37. The van der Waals surface area contributed by atoms with E-state index in [0.29, 0.717) is 11.3 Å². The molecule has 0 heterocycles. The minimum Gasteiger partial charge on any atom is -0.399 e. The highest BCUT2D eigenvalue weighted by Gasteiger charge is 2.11. The van der Waals surface area contributed by atoms with E-state index < -0.39 is 0 Å². The van der Waals surface area contributed by atoms with Gasteiger partial charge in [-0.25, -0.2) is 0 Å². The summed E-state index contributed by atoms with van der Waals surface area (Å²) in [5.41, 5.74) is 9.78. The van der Waals surface area contributed by atoms with Crippen molar-refractivity contribution in [2.24, 2.45) is 0 Å². The fourth-order valence-corrected chi connectivity index (χ4v) is 2.44. The molecule has 1 amide bonds. The third kappa shape index (κ3) is 3.15. The van der Waals surface area contributed by atoms with Crippen molar-refractivity contribution in [1.82, 2.24) is 0 Å². The van der Waals surface area contributed by atoms with Gasteiger partial charge < -0.3 is 11.1 Å². The van der Waals surface area contributed by atoms with Gasteiger partial charge in [-0.05, 0) is 65.2 Å². The normalized spacial score (nSPS) is 10.3. The van der Waals surface area contributed by atoms with Gasteiger partial charge in [0.15, 0.2) is 0 Å². The number of nitrogens with one attached hydrogen (secondary N) is 1. The first kappa shape index (κ1) is 13.6. The van der Waals surface area contributed by atoms with Crippen LogP contribution in [-0.2, 0) is 0 Å². The first-order valence-corrected chi connectivity index (χ1v) is 6.70. The van der Waals surface area contributed by atoms with Crippen LogP contribution in [-0.4, -0.2) is 5.91 Å². The Kier molecular flexibility index (Phi) is 3.90. The van der Waals surface area contributed by atoms with E-state index in [4.69, 9.17) is 5.73 Å². The molecule has 3 N–H and O–H groups in total. The number of aryl methyl sites for hydroxylation is 2.